The number of aliphatic hydroxyl groups excluding tert-OH is 1. The van der Waals surface area contributed by atoms with Gasteiger partial charge in [-0.05, 0) is 37.6 Å². The monoisotopic (exact) mass is 398 g/mol. The highest BCUT2D eigenvalue weighted by atomic mass is 19.1. The van der Waals surface area contributed by atoms with Crippen LogP contribution in [0.1, 0.15) is 42.6 Å². The maximum absolute atomic E-state index is 13.6. The number of amides is 2. The number of hydrogen-bond donors (Lipinski definition) is 1. The van der Waals surface area contributed by atoms with Crippen molar-refractivity contribution in [3.63, 3.8) is 0 Å². The Morgan fingerprint density at radius 2 is 1.79 bits per heavy atom. The molecule has 6 heteroatoms. The van der Waals surface area contributed by atoms with Crippen molar-refractivity contribution in [2.45, 2.75) is 44.8 Å². The van der Waals surface area contributed by atoms with Crippen LogP contribution < -0.4 is 0 Å². The topological polar surface area (TPSA) is 60.9 Å². The number of nitrogens with zero attached hydrogens (tertiary/aromatic N) is 2. The van der Waals surface area contributed by atoms with E-state index < -0.39 is 5.82 Å². The Bertz CT molecular complexity index is 871. The average molecular weight is 398 g/mol. The van der Waals surface area contributed by atoms with E-state index in [4.69, 9.17) is 0 Å². The number of likely N-dealkylation sites (tertiary alicyclic amines) is 1. The molecule has 154 valence electrons. The summed E-state index contributed by atoms with van der Waals surface area (Å²) in [5, 5.41) is 9.90. The predicted octanol–water partition coefficient (Wildman–Crippen LogP) is 3.05. The van der Waals surface area contributed by atoms with E-state index in [1.54, 1.807) is 15.9 Å². The van der Waals surface area contributed by atoms with E-state index in [1.165, 1.54) is 25.1 Å². The van der Waals surface area contributed by atoms with Gasteiger partial charge in [-0.25, -0.2) is 4.39 Å². The normalized spacial score (nSPS) is 21.0. The Kier molecular flexibility index (Phi) is 6.33. The summed E-state index contributed by atoms with van der Waals surface area (Å²) in [4.78, 5) is 28.7. The Morgan fingerprint density at radius 1 is 1.10 bits per heavy atom. The smallest absolute Gasteiger partial charge is 0.254 e. The molecule has 1 fully saturated rings. The predicted molar refractivity (Wildman–Crippen MR) is 109 cm³/mol. The van der Waals surface area contributed by atoms with Gasteiger partial charge in [-0.2, -0.15) is 0 Å². The minimum absolute atomic E-state index is 0.0772. The minimum atomic E-state index is -0.462. The number of aliphatic hydroxyl groups is 1. The first kappa shape index (κ1) is 21.0. The standard InChI is InChI=1S/C23H27FN2O3/c1-15(2)25(23(29)18-10-7-11-19(24)12-18)13-20-22(17-8-5-4-6-9-17)21(14-27)26(20)16(3)28/h4-12,15,20-22,27H,13-14H2,1-3H3/t20-,21-,22-/m1/s1. The molecule has 1 heterocycles. The van der Waals surface area contributed by atoms with Gasteiger partial charge < -0.3 is 14.9 Å². The second-order valence-electron chi connectivity index (χ2n) is 7.74. The summed E-state index contributed by atoms with van der Waals surface area (Å²) in [5.41, 5.74) is 1.30. The quantitative estimate of drug-likeness (QED) is 0.814. The molecule has 0 aromatic heterocycles. The molecule has 0 bridgehead atoms. The summed E-state index contributed by atoms with van der Waals surface area (Å²) in [6, 6.07) is 14.7. The zero-order chi connectivity index (χ0) is 21.1. The van der Waals surface area contributed by atoms with Crippen LogP contribution in [0.15, 0.2) is 54.6 Å². The van der Waals surface area contributed by atoms with Crippen LogP contribution in [0.4, 0.5) is 4.39 Å². The van der Waals surface area contributed by atoms with E-state index in [-0.39, 0.29) is 48.0 Å². The van der Waals surface area contributed by atoms with Crippen LogP contribution in [0, 0.1) is 5.82 Å². The van der Waals surface area contributed by atoms with E-state index in [2.05, 4.69) is 0 Å². The molecule has 2 aromatic rings. The van der Waals surface area contributed by atoms with Crippen LogP contribution in [0.25, 0.3) is 0 Å². The second-order valence-corrected chi connectivity index (χ2v) is 7.74. The fourth-order valence-electron chi connectivity index (χ4n) is 4.25. The van der Waals surface area contributed by atoms with Gasteiger partial charge in [0.2, 0.25) is 5.91 Å². The molecular formula is C23H27FN2O3. The highest BCUT2D eigenvalue weighted by Gasteiger charge is 2.51. The molecular weight excluding hydrogens is 371 g/mol. The van der Waals surface area contributed by atoms with Crippen molar-refractivity contribution in [1.29, 1.82) is 0 Å². The van der Waals surface area contributed by atoms with Gasteiger partial charge in [-0.3, -0.25) is 9.59 Å². The highest BCUT2D eigenvalue weighted by Crippen LogP contribution is 2.41. The third-order valence-corrected chi connectivity index (χ3v) is 5.62. The molecule has 0 radical (unpaired) electrons. The number of hydrogen-bond acceptors (Lipinski definition) is 3. The zero-order valence-corrected chi connectivity index (χ0v) is 17.0. The van der Waals surface area contributed by atoms with E-state index in [1.807, 2.05) is 44.2 Å². The molecule has 0 unspecified atom stereocenters. The molecule has 1 aliphatic heterocycles. The highest BCUT2D eigenvalue weighted by molar-refractivity contribution is 5.94. The lowest BCUT2D eigenvalue weighted by atomic mass is 9.74. The fourth-order valence-corrected chi connectivity index (χ4v) is 4.25. The largest absolute Gasteiger partial charge is 0.394 e. The minimum Gasteiger partial charge on any atom is -0.394 e. The number of benzene rings is 2. The first-order chi connectivity index (χ1) is 13.8. The summed E-state index contributed by atoms with van der Waals surface area (Å²) in [7, 11) is 0. The number of carbonyl (C=O) groups excluding carboxylic acids is 2. The molecule has 0 saturated carbocycles. The Hall–Kier alpha value is -2.73. The lowest BCUT2D eigenvalue weighted by Gasteiger charge is -2.56. The van der Waals surface area contributed by atoms with Crippen LogP contribution in [-0.4, -0.2) is 58.0 Å². The van der Waals surface area contributed by atoms with Crippen molar-refractivity contribution in [3.05, 3.63) is 71.5 Å². The van der Waals surface area contributed by atoms with E-state index in [0.29, 0.717) is 6.54 Å². The number of rotatable bonds is 6. The molecule has 2 amide bonds. The molecule has 29 heavy (non-hydrogen) atoms. The third kappa shape index (κ3) is 4.17. The third-order valence-electron chi connectivity index (χ3n) is 5.62. The van der Waals surface area contributed by atoms with Crippen molar-refractivity contribution in [3.8, 4) is 0 Å². The Morgan fingerprint density at radius 3 is 2.34 bits per heavy atom. The first-order valence-electron chi connectivity index (χ1n) is 9.86. The molecule has 2 aromatic carbocycles. The van der Waals surface area contributed by atoms with Crippen LogP contribution in [0.2, 0.25) is 0 Å². The summed E-state index contributed by atoms with van der Waals surface area (Å²) in [5.74, 6) is -0.951. The van der Waals surface area contributed by atoms with Crippen molar-refractivity contribution < 1.29 is 19.1 Å². The van der Waals surface area contributed by atoms with Crippen molar-refractivity contribution in [2.24, 2.45) is 0 Å². The molecule has 3 atom stereocenters. The summed E-state index contributed by atoms with van der Waals surface area (Å²) in [6.07, 6.45) is 0. The van der Waals surface area contributed by atoms with Gasteiger partial charge in [-0.1, -0.05) is 36.4 Å². The van der Waals surface area contributed by atoms with Crippen LogP contribution in [0.3, 0.4) is 0 Å². The van der Waals surface area contributed by atoms with Crippen molar-refractivity contribution in [2.75, 3.05) is 13.2 Å². The average Bonchev–Trinajstić information content (AvgIpc) is 2.67. The van der Waals surface area contributed by atoms with Gasteiger partial charge in [0.25, 0.3) is 5.91 Å². The van der Waals surface area contributed by atoms with Crippen LogP contribution in [-0.2, 0) is 4.79 Å². The number of halogens is 1. The Balaban J connectivity index is 1.91. The Labute approximate surface area is 170 Å². The SMILES string of the molecule is CC(=O)N1[C@H](CO)[C@H](c2ccccc2)[C@H]1CN(C(=O)c1cccc(F)c1)C(C)C. The van der Waals surface area contributed by atoms with Crippen molar-refractivity contribution >= 4 is 11.8 Å². The summed E-state index contributed by atoms with van der Waals surface area (Å²) >= 11 is 0. The van der Waals surface area contributed by atoms with Gasteiger partial charge in [0.15, 0.2) is 0 Å². The fraction of sp³-hybridized carbons (Fsp3) is 0.391. The zero-order valence-electron chi connectivity index (χ0n) is 17.0. The summed E-state index contributed by atoms with van der Waals surface area (Å²) in [6.45, 7) is 5.44. The molecule has 1 saturated heterocycles. The van der Waals surface area contributed by atoms with E-state index >= 15 is 0 Å². The maximum atomic E-state index is 13.6. The van der Waals surface area contributed by atoms with Gasteiger partial charge in [0.05, 0.1) is 18.7 Å². The van der Waals surface area contributed by atoms with Crippen molar-refractivity contribution in [1.82, 2.24) is 9.80 Å². The van der Waals surface area contributed by atoms with Gasteiger partial charge in [0, 0.05) is 31.0 Å². The summed E-state index contributed by atoms with van der Waals surface area (Å²) < 4.78 is 13.6. The van der Waals surface area contributed by atoms with Crippen LogP contribution in [0.5, 0.6) is 0 Å². The van der Waals surface area contributed by atoms with Crippen LogP contribution >= 0.6 is 0 Å². The lowest BCUT2D eigenvalue weighted by molar-refractivity contribution is -0.149. The second kappa shape index (κ2) is 8.74. The molecule has 3 rings (SSSR count). The lowest BCUT2D eigenvalue weighted by Crippen LogP contribution is -2.68. The number of carbonyl (C=O) groups is 2. The molecule has 1 N–H and O–H groups in total. The first-order valence-corrected chi connectivity index (χ1v) is 9.86. The molecule has 1 aliphatic rings. The van der Waals surface area contributed by atoms with Gasteiger partial charge in [0.1, 0.15) is 5.82 Å². The van der Waals surface area contributed by atoms with E-state index in [9.17, 15) is 19.1 Å². The maximum Gasteiger partial charge on any atom is 0.254 e. The van der Waals surface area contributed by atoms with E-state index in [0.717, 1.165) is 5.56 Å². The molecule has 5 nitrogen and oxygen atoms in total. The van der Waals surface area contributed by atoms with Gasteiger partial charge >= 0.3 is 0 Å². The van der Waals surface area contributed by atoms with Gasteiger partial charge in [-0.15, -0.1) is 0 Å². The molecule has 0 aliphatic carbocycles. The molecule has 0 spiro atoms.